The van der Waals surface area contributed by atoms with Gasteiger partial charge in [-0.05, 0) is 41.5 Å². The van der Waals surface area contributed by atoms with Crippen molar-refractivity contribution in [2.24, 2.45) is 0 Å². The Kier molecular flexibility index (Phi) is 3.45. The van der Waals surface area contributed by atoms with Gasteiger partial charge in [0.25, 0.3) is 5.91 Å². The molecule has 0 aliphatic heterocycles. The van der Waals surface area contributed by atoms with Crippen LogP contribution in [-0.2, 0) is 0 Å². The van der Waals surface area contributed by atoms with Crippen LogP contribution in [-0.4, -0.2) is 44.1 Å². The summed E-state index contributed by atoms with van der Waals surface area (Å²) in [5, 5.41) is 11.1. The van der Waals surface area contributed by atoms with Gasteiger partial charge in [0.05, 0.1) is 5.69 Å². The number of aromatic nitrogens is 4. The third kappa shape index (κ3) is 2.41. The quantitative estimate of drug-likeness (QED) is 0.852. The summed E-state index contributed by atoms with van der Waals surface area (Å²) in [4.78, 5) is 14.4. The molecular formula is C14H17N5O. The average molecular weight is 271 g/mol. The number of nitrogens with zero attached hydrogens (tertiary/aromatic N) is 5. The molecule has 0 saturated heterocycles. The van der Waals surface area contributed by atoms with E-state index in [1.807, 2.05) is 36.2 Å². The van der Waals surface area contributed by atoms with Crippen LogP contribution in [0.1, 0.15) is 36.0 Å². The zero-order valence-electron chi connectivity index (χ0n) is 11.4. The molecule has 1 aliphatic carbocycles. The maximum atomic E-state index is 12.5. The molecule has 6 heteroatoms. The van der Waals surface area contributed by atoms with Gasteiger partial charge in [0, 0.05) is 18.7 Å². The summed E-state index contributed by atoms with van der Waals surface area (Å²) >= 11 is 0. The fraction of sp³-hybridized carbons (Fsp3) is 0.429. The van der Waals surface area contributed by atoms with Gasteiger partial charge in [-0.25, -0.2) is 4.68 Å². The highest BCUT2D eigenvalue weighted by Crippen LogP contribution is 2.24. The van der Waals surface area contributed by atoms with E-state index in [0.717, 1.165) is 18.5 Å². The Morgan fingerprint density at radius 2 is 2.15 bits per heavy atom. The van der Waals surface area contributed by atoms with E-state index in [-0.39, 0.29) is 5.91 Å². The predicted molar refractivity (Wildman–Crippen MR) is 73.5 cm³/mol. The molecule has 1 aromatic heterocycles. The Labute approximate surface area is 117 Å². The predicted octanol–water partition coefficient (Wildman–Crippen LogP) is 1.68. The van der Waals surface area contributed by atoms with Crippen LogP contribution in [0.2, 0.25) is 0 Å². The van der Waals surface area contributed by atoms with E-state index in [0.29, 0.717) is 11.6 Å². The van der Waals surface area contributed by atoms with Crippen LogP contribution in [0.15, 0.2) is 30.6 Å². The number of rotatable bonds is 3. The van der Waals surface area contributed by atoms with Crippen molar-refractivity contribution in [3.8, 4) is 5.69 Å². The van der Waals surface area contributed by atoms with Crippen molar-refractivity contribution in [2.75, 3.05) is 7.05 Å². The molecule has 20 heavy (non-hydrogen) atoms. The largest absolute Gasteiger partial charge is 0.339 e. The lowest BCUT2D eigenvalue weighted by atomic mass is 10.1. The van der Waals surface area contributed by atoms with Gasteiger partial charge in [0.2, 0.25) is 0 Å². The van der Waals surface area contributed by atoms with Crippen molar-refractivity contribution >= 4 is 5.91 Å². The first-order valence-corrected chi connectivity index (χ1v) is 6.86. The lowest BCUT2D eigenvalue weighted by molar-refractivity contribution is 0.0735. The van der Waals surface area contributed by atoms with E-state index < -0.39 is 0 Å². The minimum absolute atomic E-state index is 0.0619. The van der Waals surface area contributed by atoms with E-state index in [2.05, 4.69) is 15.5 Å². The smallest absolute Gasteiger partial charge is 0.253 e. The van der Waals surface area contributed by atoms with Crippen molar-refractivity contribution < 1.29 is 4.79 Å². The first-order valence-electron chi connectivity index (χ1n) is 6.86. The van der Waals surface area contributed by atoms with Crippen LogP contribution in [0.5, 0.6) is 0 Å². The van der Waals surface area contributed by atoms with Gasteiger partial charge < -0.3 is 4.90 Å². The minimum Gasteiger partial charge on any atom is -0.339 e. The highest BCUT2D eigenvalue weighted by atomic mass is 16.2. The number of amides is 1. The van der Waals surface area contributed by atoms with E-state index in [1.54, 1.807) is 4.68 Å². The maximum Gasteiger partial charge on any atom is 0.253 e. The van der Waals surface area contributed by atoms with E-state index in [9.17, 15) is 4.79 Å². The van der Waals surface area contributed by atoms with Gasteiger partial charge in [-0.2, -0.15) is 0 Å². The summed E-state index contributed by atoms with van der Waals surface area (Å²) in [6, 6.07) is 7.76. The molecule has 0 radical (unpaired) electrons. The Balaban J connectivity index is 1.83. The monoisotopic (exact) mass is 271 g/mol. The molecule has 6 nitrogen and oxygen atoms in total. The number of carbonyl (C=O) groups is 1. The molecule has 0 spiro atoms. The molecule has 3 rings (SSSR count). The van der Waals surface area contributed by atoms with E-state index >= 15 is 0 Å². The number of tetrazole rings is 1. The first-order chi connectivity index (χ1) is 9.75. The zero-order chi connectivity index (χ0) is 13.9. The van der Waals surface area contributed by atoms with Crippen LogP contribution < -0.4 is 0 Å². The Morgan fingerprint density at radius 1 is 1.35 bits per heavy atom. The molecule has 1 aromatic carbocycles. The second kappa shape index (κ2) is 5.40. The van der Waals surface area contributed by atoms with E-state index in [1.165, 1.54) is 19.2 Å². The van der Waals surface area contributed by atoms with Crippen molar-refractivity contribution in [2.45, 2.75) is 31.7 Å². The summed E-state index contributed by atoms with van der Waals surface area (Å²) in [5.41, 5.74) is 1.47. The maximum absolute atomic E-state index is 12.5. The SMILES string of the molecule is CN(C(=O)c1cccc(-n2cnnn2)c1)C1CCCC1. The molecule has 1 saturated carbocycles. The van der Waals surface area contributed by atoms with Crippen molar-refractivity contribution in [1.29, 1.82) is 0 Å². The Bertz CT molecular complexity index is 589. The van der Waals surface area contributed by atoms with Gasteiger partial charge in [-0.1, -0.05) is 18.9 Å². The number of hydrogen-bond donors (Lipinski definition) is 0. The Morgan fingerprint density at radius 3 is 2.85 bits per heavy atom. The lowest BCUT2D eigenvalue weighted by Gasteiger charge is -2.24. The molecule has 1 fully saturated rings. The second-order valence-electron chi connectivity index (χ2n) is 5.16. The van der Waals surface area contributed by atoms with Gasteiger partial charge in [-0.3, -0.25) is 4.79 Å². The first kappa shape index (κ1) is 12.8. The third-order valence-electron chi connectivity index (χ3n) is 3.90. The highest BCUT2D eigenvalue weighted by Gasteiger charge is 2.24. The van der Waals surface area contributed by atoms with Crippen LogP contribution in [0.3, 0.4) is 0 Å². The summed E-state index contributed by atoms with van der Waals surface area (Å²) in [7, 11) is 1.89. The van der Waals surface area contributed by atoms with Crippen LogP contribution in [0.4, 0.5) is 0 Å². The minimum atomic E-state index is 0.0619. The standard InChI is InChI=1S/C14H17N5O/c1-18(12-6-2-3-7-12)14(20)11-5-4-8-13(9-11)19-10-15-16-17-19/h4-5,8-10,12H,2-3,6-7H2,1H3. The van der Waals surface area contributed by atoms with Crippen LogP contribution in [0, 0.1) is 0 Å². The van der Waals surface area contributed by atoms with E-state index in [4.69, 9.17) is 0 Å². The highest BCUT2D eigenvalue weighted by molar-refractivity contribution is 5.94. The van der Waals surface area contributed by atoms with Crippen molar-refractivity contribution in [1.82, 2.24) is 25.1 Å². The van der Waals surface area contributed by atoms with Crippen molar-refractivity contribution in [3.63, 3.8) is 0 Å². The topological polar surface area (TPSA) is 63.9 Å². The molecular weight excluding hydrogens is 254 g/mol. The number of hydrogen-bond acceptors (Lipinski definition) is 4. The summed E-state index contributed by atoms with van der Waals surface area (Å²) in [5.74, 6) is 0.0619. The van der Waals surface area contributed by atoms with Crippen molar-refractivity contribution in [3.05, 3.63) is 36.2 Å². The van der Waals surface area contributed by atoms with Gasteiger partial charge >= 0.3 is 0 Å². The molecule has 2 aromatic rings. The number of benzene rings is 1. The normalized spacial score (nSPS) is 15.4. The second-order valence-corrected chi connectivity index (χ2v) is 5.16. The fourth-order valence-electron chi connectivity index (χ4n) is 2.72. The molecule has 0 atom stereocenters. The summed E-state index contributed by atoms with van der Waals surface area (Å²) in [6.45, 7) is 0. The summed E-state index contributed by atoms with van der Waals surface area (Å²) < 4.78 is 1.55. The van der Waals surface area contributed by atoms with Gasteiger partial charge in [0.15, 0.2) is 0 Å². The zero-order valence-corrected chi connectivity index (χ0v) is 11.4. The molecule has 0 unspecified atom stereocenters. The molecule has 1 aliphatic rings. The fourth-order valence-corrected chi connectivity index (χ4v) is 2.72. The van der Waals surface area contributed by atoms with Crippen LogP contribution in [0.25, 0.3) is 5.69 Å². The molecule has 1 heterocycles. The molecule has 0 N–H and O–H groups in total. The molecule has 1 amide bonds. The average Bonchev–Trinajstić information content (AvgIpc) is 3.18. The number of carbonyl (C=O) groups excluding carboxylic acids is 1. The Hall–Kier alpha value is -2.24. The molecule has 104 valence electrons. The molecule has 0 bridgehead atoms. The van der Waals surface area contributed by atoms with Gasteiger partial charge in [-0.15, -0.1) is 5.10 Å². The third-order valence-corrected chi connectivity index (χ3v) is 3.90. The summed E-state index contributed by atoms with van der Waals surface area (Å²) in [6.07, 6.45) is 6.16. The lowest BCUT2D eigenvalue weighted by Crippen LogP contribution is -2.35. The van der Waals surface area contributed by atoms with Gasteiger partial charge in [0.1, 0.15) is 6.33 Å². The van der Waals surface area contributed by atoms with Crippen LogP contribution >= 0.6 is 0 Å².